The second kappa shape index (κ2) is 9.15. The highest BCUT2D eigenvalue weighted by Gasteiger charge is 2.09. The van der Waals surface area contributed by atoms with Gasteiger partial charge in [0.1, 0.15) is 5.82 Å². The normalized spacial score (nSPS) is 11.0. The maximum atomic E-state index is 13.8. The Labute approximate surface area is 194 Å². The zero-order valence-electron chi connectivity index (χ0n) is 18.2. The van der Waals surface area contributed by atoms with Crippen molar-refractivity contribution in [3.8, 4) is 5.82 Å². The van der Waals surface area contributed by atoms with Crippen molar-refractivity contribution in [3.05, 3.63) is 124 Å². The standard InChI is InChI=1S/C27H21FN4O2/c28-22-10-9-21-13-14-31(24(21)17-22)25-11-12-27(34)32(30-25)18-20-7-4-8-23(15-20)29-26(33)16-19-5-2-1-3-6-19/h1-15,17H,16,18H2,(H,29,33). The fourth-order valence-electron chi connectivity index (χ4n) is 3.89. The van der Waals surface area contributed by atoms with Crippen LogP contribution in [0.5, 0.6) is 0 Å². The summed E-state index contributed by atoms with van der Waals surface area (Å²) >= 11 is 0. The van der Waals surface area contributed by atoms with Crippen molar-refractivity contribution in [1.29, 1.82) is 0 Å². The van der Waals surface area contributed by atoms with E-state index in [1.54, 1.807) is 29.0 Å². The molecule has 0 aliphatic heterocycles. The molecule has 2 heterocycles. The maximum Gasteiger partial charge on any atom is 0.267 e. The Kier molecular flexibility index (Phi) is 5.74. The topological polar surface area (TPSA) is 68.9 Å². The van der Waals surface area contributed by atoms with Crippen LogP contribution in [0.25, 0.3) is 16.7 Å². The van der Waals surface area contributed by atoms with Crippen LogP contribution in [0.1, 0.15) is 11.1 Å². The van der Waals surface area contributed by atoms with E-state index in [1.165, 1.54) is 22.9 Å². The molecule has 1 amide bonds. The van der Waals surface area contributed by atoms with Crippen molar-refractivity contribution in [3.63, 3.8) is 0 Å². The lowest BCUT2D eigenvalue weighted by Crippen LogP contribution is -2.24. The van der Waals surface area contributed by atoms with Crippen molar-refractivity contribution in [2.75, 3.05) is 5.32 Å². The molecular formula is C27H21FN4O2. The van der Waals surface area contributed by atoms with E-state index in [4.69, 9.17) is 0 Å². The Morgan fingerprint density at radius 3 is 2.56 bits per heavy atom. The third-order valence-corrected chi connectivity index (χ3v) is 5.51. The summed E-state index contributed by atoms with van der Waals surface area (Å²) < 4.78 is 16.9. The molecule has 5 aromatic rings. The number of rotatable bonds is 6. The third-order valence-electron chi connectivity index (χ3n) is 5.51. The SMILES string of the molecule is O=C(Cc1ccccc1)Nc1cccc(Cn2nc(-n3ccc4ccc(F)cc43)ccc2=O)c1. The molecule has 168 valence electrons. The van der Waals surface area contributed by atoms with Gasteiger partial charge in [-0.2, -0.15) is 5.10 Å². The number of aromatic nitrogens is 3. The van der Waals surface area contributed by atoms with Gasteiger partial charge in [-0.05, 0) is 53.6 Å². The molecule has 0 spiro atoms. The number of benzene rings is 3. The second-order valence-corrected chi connectivity index (χ2v) is 7.99. The van der Waals surface area contributed by atoms with Gasteiger partial charge in [-0.15, -0.1) is 0 Å². The molecule has 1 N–H and O–H groups in total. The summed E-state index contributed by atoms with van der Waals surface area (Å²) in [5.41, 5.74) is 2.80. The predicted octanol–water partition coefficient (Wildman–Crippen LogP) is 4.56. The quantitative estimate of drug-likeness (QED) is 0.411. The molecule has 7 heteroatoms. The van der Waals surface area contributed by atoms with Crippen LogP contribution in [-0.4, -0.2) is 20.3 Å². The molecular weight excluding hydrogens is 431 g/mol. The van der Waals surface area contributed by atoms with Crippen LogP contribution in [0.4, 0.5) is 10.1 Å². The Balaban J connectivity index is 1.37. The molecule has 5 rings (SSSR count). The van der Waals surface area contributed by atoms with Crippen LogP contribution in [-0.2, 0) is 17.8 Å². The molecule has 0 atom stereocenters. The van der Waals surface area contributed by atoms with Gasteiger partial charge in [0.25, 0.3) is 5.56 Å². The number of halogens is 1. The molecule has 2 aromatic heterocycles. The molecule has 0 saturated carbocycles. The molecule has 0 aliphatic carbocycles. The van der Waals surface area contributed by atoms with Crippen LogP contribution in [0.15, 0.2) is 102 Å². The number of nitrogens with one attached hydrogen (secondary N) is 1. The highest BCUT2D eigenvalue weighted by atomic mass is 19.1. The first-order valence-corrected chi connectivity index (χ1v) is 10.8. The highest BCUT2D eigenvalue weighted by Crippen LogP contribution is 2.20. The van der Waals surface area contributed by atoms with E-state index in [0.717, 1.165) is 16.5 Å². The summed E-state index contributed by atoms with van der Waals surface area (Å²) in [5.74, 6) is 0.0479. The van der Waals surface area contributed by atoms with E-state index in [0.29, 0.717) is 17.0 Å². The van der Waals surface area contributed by atoms with E-state index in [-0.39, 0.29) is 30.2 Å². The van der Waals surface area contributed by atoms with Crippen LogP contribution in [0.2, 0.25) is 0 Å². The van der Waals surface area contributed by atoms with Crippen molar-refractivity contribution in [1.82, 2.24) is 14.3 Å². The van der Waals surface area contributed by atoms with E-state index >= 15 is 0 Å². The largest absolute Gasteiger partial charge is 0.326 e. The minimum Gasteiger partial charge on any atom is -0.326 e. The second-order valence-electron chi connectivity index (χ2n) is 7.99. The zero-order chi connectivity index (χ0) is 23.5. The Bertz CT molecular complexity index is 1540. The smallest absolute Gasteiger partial charge is 0.267 e. The molecule has 3 aromatic carbocycles. The van der Waals surface area contributed by atoms with E-state index in [2.05, 4.69) is 10.4 Å². The Morgan fingerprint density at radius 1 is 0.882 bits per heavy atom. The number of anilines is 1. The molecule has 0 unspecified atom stereocenters. The van der Waals surface area contributed by atoms with Gasteiger partial charge in [0.15, 0.2) is 5.82 Å². The average Bonchev–Trinajstić information content (AvgIpc) is 3.24. The number of carbonyl (C=O) groups is 1. The fourth-order valence-corrected chi connectivity index (χ4v) is 3.89. The number of carbonyl (C=O) groups excluding carboxylic acids is 1. The molecule has 0 saturated heterocycles. The first-order valence-electron chi connectivity index (χ1n) is 10.8. The maximum absolute atomic E-state index is 13.8. The molecule has 0 fully saturated rings. The summed E-state index contributed by atoms with van der Waals surface area (Å²) in [4.78, 5) is 24.9. The van der Waals surface area contributed by atoms with E-state index in [9.17, 15) is 14.0 Å². The molecule has 0 aliphatic rings. The van der Waals surface area contributed by atoms with Gasteiger partial charge in [0.05, 0.1) is 18.5 Å². The minimum absolute atomic E-state index is 0.118. The van der Waals surface area contributed by atoms with Gasteiger partial charge in [-0.1, -0.05) is 42.5 Å². The number of hydrogen-bond acceptors (Lipinski definition) is 3. The number of nitrogens with zero attached hydrogens (tertiary/aromatic N) is 3. The Hall–Kier alpha value is -4.52. The predicted molar refractivity (Wildman–Crippen MR) is 130 cm³/mol. The minimum atomic E-state index is -0.341. The van der Waals surface area contributed by atoms with Gasteiger partial charge in [0, 0.05) is 23.3 Å². The molecule has 0 bridgehead atoms. The summed E-state index contributed by atoms with van der Waals surface area (Å²) in [6.07, 6.45) is 2.07. The lowest BCUT2D eigenvalue weighted by molar-refractivity contribution is -0.115. The van der Waals surface area contributed by atoms with Crippen LogP contribution >= 0.6 is 0 Å². The van der Waals surface area contributed by atoms with Crippen molar-refractivity contribution >= 4 is 22.5 Å². The third kappa shape index (κ3) is 4.63. The zero-order valence-corrected chi connectivity index (χ0v) is 18.2. The first kappa shape index (κ1) is 21.3. The lowest BCUT2D eigenvalue weighted by atomic mass is 10.1. The molecule has 6 nitrogen and oxygen atoms in total. The van der Waals surface area contributed by atoms with Gasteiger partial charge in [-0.3, -0.25) is 14.2 Å². The van der Waals surface area contributed by atoms with Gasteiger partial charge < -0.3 is 5.32 Å². The van der Waals surface area contributed by atoms with Gasteiger partial charge in [0.2, 0.25) is 5.91 Å². The monoisotopic (exact) mass is 452 g/mol. The Morgan fingerprint density at radius 2 is 1.71 bits per heavy atom. The summed E-state index contributed by atoms with van der Waals surface area (Å²) in [6, 6.07) is 26.3. The lowest BCUT2D eigenvalue weighted by Gasteiger charge is -2.11. The molecule has 34 heavy (non-hydrogen) atoms. The average molecular weight is 452 g/mol. The van der Waals surface area contributed by atoms with Gasteiger partial charge in [-0.25, -0.2) is 9.07 Å². The fraction of sp³-hybridized carbons (Fsp3) is 0.0741. The van der Waals surface area contributed by atoms with Crippen LogP contribution in [0, 0.1) is 5.82 Å². The van der Waals surface area contributed by atoms with Gasteiger partial charge >= 0.3 is 0 Å². The summed E-state index contributed by atoms with van der Waals surface area (Å²) in [5, 5.41) is 8.27. The van der Waals surface area contributed by atoms with Crippen molar-refractivity contribution < 1.29 is 9.18 Å². The van der Waals surface area contributed by atoms with Crippen molar-refractivity contribution in [2.24, 2.45) is 0 Å². The van der Waals surface area contributed by atoms with Crippen LogP contribution < -0.4 is 10.9 Å². The highest BCUT2D eigenvalue weighted by molar-refractivity contribution is 5.92. The number of fused-ring (bicyclic) bond motifs is 1. The number of amides is 1. The first-order chi connectivity index (χ1) is 16.5. The number of hydrogen-bond donors (Lipinski definition) is 1. The van der Waals surface area contributed by atoms with Crippen LogP contribution in [0.3, 0.4) is 0 Å². The molecule has 0 radical (unpaired) electrons. The summed E-state index contributed by atoms with van der Waals surface area (Å²) in [7, 11) is 0. The van der Waals surface area contributed by atoms with E-state index < -0.39 is 0 Å². The van der Waals surface area contributed by atoms with E-state index in [1.807, 2.05) is 54.6 Å². The van der Waals surface area contributed by atoms with Crippen molar-refractivity contribution in [2.45, 2.75) is 13.0 Å². The summed E-state index contributed by atoms with van der Waals surface area (Å²) in [6.45, 7) is 0.225.